The number of benzene rings is 2. The number of pyridine rings is 1. The minimum atomic E-state index is -4.70. The Morgan fingerprint density at radius 2 is 1.54 bits per heavy atom. The average molecular weight is 507 g/mol. The van der Waals surface area contributed by atoms with Gasteiger partial charge in [0.05, 0.1) is 5.92 Å². The number of hydrogen-bond donors (Lipinski definition) is 0. The van der Waals surface area contributed by atoms with Gasteiger partial charge in [-0.25, -0.2) is 4.98 Å². The van der Waals surface area contributed by atoms with Crippen molar-refractivity contribution in [1.82, 2.24) is 20.0 Å². The lowest BCUT2D eigenvalue weighted by Crippen LogP contribution is -2.50. The van der Waals surface area contributed by atoms with Crippen molar-refractivity contribution in [3.05, 3.63) is 83.9 Å². The molecular formula is C26H20F3N5O3. The fourth-order valence-electron chi connectivity index (χ4n) is 4.68. The van der Waals surface area contributed by atoms with Crippen LogP contribution < -0.4 is 9.64 Å². The van der Waals surface area contributed by atoms with Gasteiger partial charge in [0.25, 0.3) is 0 Å². The van der Waals surface area contributed by atoms with Crippen molar-refractivity contribution in [2.24, 2.45) is 0 Å². The highest BCUT2D eigenvalue weighted by Gasteiger charge is 2.39. The Hall–Kier alpha value is -4.41. The van der Waals surface area contributed by atoms with E-state index in [1.54, 1.807) is 12.1 Å². The summed E-state index contributed by atoms with van der Waals surface area (Å²) in [7, 11) is 0. The number of hydrogen-bond acceptors (Lipinski definition) is 7. The molecular weight excluding hydrogens is 487 g/mol. The molecule has 8 nitrogen and oxygen atoms in total. The molecule has 1 amide bonds. The van der Waals surface area contributed by atoms with Crippen molar-refractivity contribution in [3.8, 4) is 22.9 Å². The molecule has 0 saturated carbocycles. The van der Waals surface area contributed by atoms with Crippen LogP contribution >= 0.6 is 0 Å². The third-order valence-electron chi connectivity index (χ3n) is 6.52. The standard InChI is InChI=1S/C26H20F3N5O3/c27-26(28,29)25-31-23(32-37-25)16-9-10-21(30-15-16)33-11-13-34(14-12-33)24(35)22-17-5-1-3-7-19(17)36-20-8-4-2-6-18(20)22/h1-10,15,22H,11-14H2. The fraction of sp³-hybridized carbons (Fsp3) is 0.231. The van der Waals surface area contributed by atoms with E-state index >= 15 is 0 Å². The lowest BCUT2D eigenvalue weighted by atomic mass is 9.86. The number of piperazine rings is 1. The van der Waals surface area contributed by atoms with E-state index in [-0.39, 0.29) is 11.7 Å². The van der Waals surface area contributed by atoms with Gasteiger partial charge < -0.3 is 19.1 Å². The molecule has 188 valence electrons. The van der Waals surface area contributed by atoms with Crippen molar-refractivity contribution in [1.29, 1.82) is 0 Å². The summed E-state index contributed by atoms with van der Waals surface area (Å²) in [6.45, 7) is 2.13. The summed E-state index contributed by atoms with van der Waals surface area (Å²) in [4.78, 5) is 25.4. The first-order chi connectivity index (χ1) is 17.9. The minimum Gasteiger partial charge on any atom is -0.457 e. The molecule has 0 atom stereocenters. The Labute approximate surface area is 209 Å². The maximum atomic E-state index is 13.7. The Kier molecular flexibility index (Phi) is 5.54. The van der Waals surface area contributed by atoms with E-state index in [1.165, 1.54) is 6.20 Å². The highest BCUT2D eigenvalue weighted by molar-refractivity contribution is 5.90. The molecule has 4 heterocycles. The molecule has 1 fully saturated rings. The number of rotatable bonds is 3. The van der Waals surface area contributed by atoms with Crippen LogP contribution in [0.1, 0.15) is 22.9 Å². The van der Waals surface area contributed by atoms with Gasteiger partial charge in [-0.3, -0.25) is 4.79 Å². The first-order valence-corrected chi connectivity index (χ1v) is 11.7. The van der Waals surface area contributed by atoms with Gasteiger partial charge in [0.2, 0.25) is 11.7 Å². The number of para-hydroxylation sites is 2. The van der Waals surface area contributed by atoms with Gasteiger partial charge in [0.1, 0.15) is 17.3 Å². The Bertz CT molecular complexity index is 1400. The molecule has 2 aromatic carbocycles. The van der Waals surface area contributed by atoms with E-state index in [2.05, 4.69) is 19.6 Å². The normalized spacial score (nSPS) is 15.6. The zero-order valence-corrected chi connectivity index (χ0v) is 19.4. The number of anilines is 1. The predicted molar refractivity (Wildman–Crippen MR) is 126 cm³/mol. The van der Waals surface area contributed by atoms with E-state index in [0.717, 1.165) is 11.1 Å². The molecule has 6 rings (SSSR count). The molecule has 37 heavy (non-hydrogen) atoms. The second-order valence-corrected chi connectivity index (χ2v) is 8.75. The first-order valence-electron chi connectivity index (χ1n) is 11.7. The van der Waals surface area contributed by atoms with Crippen LogP contribution in [0.25, 0.3) is 11.4 Å². The Morgan fingerprint density at radius 1 is 0.892 bits per heavy atom. The number of fused-ring (bicyclic) bond motifs is 2. The monoisotopic (exact) mass is 507 g/mol. The molecule has 2 aromatic heterocycles. The molecule has 1 saturated heterocycles. The van der Waals surface area contributed by atoms with Gasteiger partial charge in [-0.15, -0.1) is 0 Å². The number of carbonyl (C=O) groups excluding carboxylic acids is 1. The van der Waals surface area contributed by atoms with Crippen LogP contribution in [0, 0.1) is 0 Å². The zero-order chi connectivity index (χ0) is 25.6. The SMILES string of the molecule is O=C(C1c2ccccc2Oc2ccccc21)N1CCN(c2ccc(-c3noc(C(F)(F)F)n3)cn2)CC1. The van der Waals surface area contributed by atoms with E-state index in [0.29, 0.717) is 49.1 Å². The number of carbonyl (C=O) groups is 1. The van der Waals surface area contributed by atoms with Gasteiger partial charge in [0, 0.05) is 49.1 Å². The third kappa shape index (κ3) is 4.26. The lowest BCUT2D eigenvalue weighted by Gasteiger charge is -2.38. The summed E-state index contributed by atoms with van der Waals surface area (Å²) in [5.41, 5.74) is 2.01. The molecule has 2 aliphatic rings. The molecule has 0 bridgehead atoms. The summed E-state index contributed by atoms with van der Waals surface area (Å²) in [5.74, 6) is 0.0151. The van der Waals surface area contributed by atoms with E-state index in [1.807, 2.05) is 58.3 Å². The topological polar surface area (TPSA) is 84.6 Å². The third-order valence-corrected chi connectivity index (χ3v) is 6.52. The molecule has 0 spiro atoms. The highest BCUT2D eigenvalue weighted by Crippen LogP contribution is 2.44. The maximum absolute atomic E-state index is 13.7. The minimum absolute atomic E-state index is 0.0173. The smallest absolute Gasteiger partial charge is 0.457 e. The van der Waals surface area contributed by atoms with Crippen LogP contribution in [0.15, 0.2) is 71.4 Å². The molecule has 11 heteroatoms. The summed E-state index contributed by atoms with van der Waals surface area (Å²) in [6, 6.07) is 18.5. The maximum Gasteiger partial charge on any atom is 0.471 e. The molecule has 4 aromatic rings. The average Bonchev–Trinajstić information content (AvgIpc) is 3.43. The first kappa shape index (κ1) is 23.0. The second-order valence-electron chi connectivity index (χ2n) is 8.75. The largest absolute Gasteiger partial charge is 0.471 e. The number of alkyl halides is 3. The number of halogens is 3. The van der Waals surface area contributed by atoms with Crippen molar-refractivity contribution in [3.63, 3.8) is 0 Å². The van der Waals surface area contributed by atoms with Crippen LogP contribution in [0.3, 0.4) is 0 Å². The van der Waals surface area contributed by atoms with Gasteiger partial charge in [-0.05, 0) is 24.3 Å². The predicted octanol–water partition coefficient (Wildman–Crippen LogP) is 4.74. The van der Waals surface area contributed by atoms with Crippen molar-refractivity contribution in [2.45, 2.75) is 12.1 Å². The lowest BCUT2D eigenvalue weighted by molar-refractivity contribution is -0.159. The number of aromatic nitrogens is 3. The van der Waals surface area contributed by atoms with Crippen molar-refractivity contribution < 1.29 is 27.2 Å². The van der Waals surface area contributed by atoms with Crippen LogP contribution in [0.4, 0.5) is 19.0 Å². The van der Waals surface area contributed by atoms with Gasteiger partial charge in [0.15, 0.2) is 0 Å². The summed E-state index contributed by atoms with van der Waals surface area (Å²) >= 11 is 0. The summed E-state index contributed by atoms with van der Waals surface area (Å²) in [5, 5.41) is 3.39. The second kappa shape index (κ2) is 8.91. The highest BCUT2D eigenvalue weighted by atomic mass is 19.4. The molecule has 0 aliphatic carbocycles. The van der Waals surface area contributed by atoms with Gasteiger partial charge in [-0.1, -0.05) is 41.6 Å². The fourth-order valence-corrected chi connectivity index (χ4v) is 4.68. The zero-order valence-electron chi connectivity index (χ0n) is 19.4. The van der Waals surface area contributed by atoms with E-state index in [9.17, 15) is 18.0 Å². The molecule has 0 unspecified atom stereocenters. The molecule has 2 aliphatic heterocycles. The van der Waals surface area contributed by atoms with Crippen molar-refractivity contribution in [2.75, 3.05) is 31.1 Å². The Balaban J connectivity index is 1.15. The van der Waals surface area contributed by atoms with Gasteiger partial charge in [-0.2, -0.15) is 18.2 Å². The quantitative estimate of drug-likeness (QED) is 0.396. The summed E-state index contributed by atoms with van der Waals surface area (Å²) in [6.07, 6.45) is -3.29. The molecule has 0 N–H and O–H groups in total. The number of ether oxygens (including phenoxy) is 1. The van der Waals surface area contributed by atoms with Crippen molar-refractivity contribution >= 4 is 11.7 Å². The van der Waals surface area contributed by atoms with Crippen LogP contribution in [-0.2, 0) is 11.0 Å². The van der Waals surface area contributed by atoms with Gasteiger partial charge >= 0.3 is 12.1 Å². The van der Waals surface area contributed by atoms with Crippen LogP contribution in [-0.4, -0.2) is 52.1 Å². The number of nitrogens with zero attached hydrogens (tertiary/aromatic N) is 5. The number of amides is 1. The van der Waals surface area contributed by atoms with Crippen LogP contribution in [0.2, 0.25) is 0 Å². The summed E-state index contributed by atoms with van der Waals surface area (Å²) < 4.78 is 48.5. The van der Waals surface area contributed by atoms with E-state index < -0.39 is 18.0 Å². The Morgan fingerprint density at radius 3 is 2.11 bits per heavy atom. The van der Waals surface area contributed by atoms with E-state index in [4.69, 9.17) is 4.74 Å². The van der Waals surface area contributed by atoms with Crippen LogP contribution in [0.5, 0.6) is 11.5 Å². The molecule has 0 radical (unpaired) electrons.